The lowest BCUT2D eigenvalue weighted by Crippen LogP contribution is -1.67. The average Bonchev–Trinajstić information content (AvgIpc) is 1.67. The van der Waals surface area contributed by atoms with Crippen molar-refractivity contribution < 1.29 is 8.78 Å². The lowest BCUT2D eigenvalue weighted by Gasteiger charge is -1.88. The maximum absolute atomic E-state index is 11.9. The van der Waals surface area contributed by atoms with Crippen LogP contribution in [0, 0.1) is 0 Å². The quantitative estimate of drug-likeness (QED) is 0.595. The van der Waals surface area contributed by atoms with Gasteiger partial charge in [0.05, 0.1) is 0 Å². The first-order chi connectivity index (χ1) is 3.68. The van der Waals surface area contributed by atoms with Crippen molar-refractivity contribution in [3.63, 3.8) is 0 Å². The fraction of sp³-hybridized carbons (Fsp3) is 0.500. The summed E-state index contributed by atoms with van der Waals surface area (Å²) in [6.07, 6.45) is 0. The number of rotatable bonds is 2. The highest BCUT2D eigenvalue weighted by molar-refractivity contribution is 8.02. The Morgan fingerprint density at radius 1 is 1.62 bits per heavy atom. The molecule has 8 heavy (non-hydrogen) atoms. The third-order valence-corrected chi connectivity index (χ3v) is 1.42. The summed E-state index contributed by atoms with van der Waals surface area (Å²) in [5, 5.41) is -2.19. The molecule has 0 aliphatic carbocycles. The zero-order valence-corrected chi connectivity index (χ0v) is 5.82. The van der Waals surface area contributed by atoms with Gasteiger partial charge >= 0.3 is 0 Å². The lowest BCUT2D eigenvalue weighted by atomic mass is 11.0. The van der Waals surface area contributed by atoms with E-state index in [9.17, 15) is 8.78 Å². The molecule has 0 rings (SSSR count). The average molecular weight is 159 g/mol. The SMILES string of the molecule is CCSC(F)=C(F)Cl. The summed E-state index contributed by atoms with van der Waals surface area (Å²) < 4.78 is 23.4. The third-order valence-electron chi connectivity index (χ3n) is 0.420. The first kappa shape index (κ1) is 8.24. The van der Waals surface area contributed by atoms with Crippen molar-refractivity contribution in [1.29, 1.82) is 0 Å². The van der Waals surface area contributed by atoms with Crippen LogP contribution in [0.1, 0.15) is 6.92 Å². The Balaban J connectivity index is 3.62. The third kappa shape index (κ3) is 3.27. The van der Waals surface area contributed by atoms with E-state index in [1.54, 1.807) is 6.92 Å². The molecule has 0 bridgehead atoms. The molecule has 0 aliphatic heterocycles. The fourth-order valence-corrected chi connectivity index (χ4v) is 0.707. The van der Waals surface area contributed by atoms with Crippen LogP contribution in [-0.4, -0.2) is 5.75 Å². The minimum atomic E-state index is -1.25. The molecule has 0 aromatic carbocycles. The Hall–Kier alpha value is 0.240. The molecule has 0 radical (unpaired) electrons. The van der Waals surface area contributed by atoms with Crippen molar-refractivity contribution in [1.82, 2.24) is 0 Å². The summed E-state index contributed by atoms with van der Waals surface area (Å²) in [4.78, 5) is 0. The molecule has 48 valence electrons. The zero-order valence-electron chi connectivity index (χ0n) is 4.25. The molecule has 0 fully saturated rings. The molecule has 0 aromatic rings. The van der Waals surface area contributed by atoms with Gasteiger partial charge in [-0.2, -0.15) is 8.78 Å². The summed E-state index contributed by atoms with van der Waals surface area (Å²) in [5.41, 5.74) is 0. The van der Waals surface area contributed by atoms with Gasteiger partial charge < -0.3 is 0 Å². The molecule has 0 N–H and O–H groups in total. The molecule has 4 heteroatoms. The van der Waals surface area contributed by atoms with Crippen molar-refractivity contribution in [2.75, 3.05) is 5.75 Å². The van der Waals surface area contributed by atoms with Crippen molar-refractivity contribution in [3.05, 3.63) is 10.4 Å². The van der Waals surface area contributed by atoms with Crippen molar-refractivity contribution in [3.8, 4) is 0 Å². The summed E-state index contributed by atoms with van der Waals surface area (Å²) in [5.74, 6) is 0.492. The number of hydrogen-bond acceptors (Lipinski definition) is 1. The molecule has 0 atom stereocenters. The second-order valence-corrected chi connectivity index (χ2v) is 2.52. The van der Waals surface area contributed by atoms with Gasteiger partial charge in [-0.1, -0.05) is 18.7 Å². The van der Waals surface area contributed by atoms with E-state index in [4.69, 9.17) is 0 Å². The fourth-order valence-electron chi connectivity index (χ4n) is 0.181. The minimum Gasteiger partial charge on any atom is -0.195 e. The molecule has 0 saturated heterocycles. The largest absolute Gasteiger partial charge is 0.231 e. The predicted molar refractivity (Wildman–Crippen MR) is 33.2 cm³/mol. The van der Waals surface area contributed by atoms with Crippen LogP contribution >= 0.6 is 23.4 Å². The topological polar surface area (TPSA) is 0 Å². The molecule has 0 unspecified atom stereocenters. The summed E-state index contributed by atoms with van der Waals surface area (Å²) in [7, 11) is 0. The van der Waals surface area contributed by atoms with E-state index in [0.717, 1.165) is 11.8 Å². The molecule has 0 heterocycles. The Morgan fingerprint density at radius 2 is 2.12 bits per heavy atom. The first-order valence-corrected chi connectivity index (χ1v) is 3.38. The Labute approximate surface area is 55.9 Å². The molecule has 0 aromatic heterocycles. The molecule has 0 saturated carbocycles. The van der Waals surface area contributed by atoms with E-state index < -0.39 is 10.4 Å². The van der Waals surface area contributed by atoms with Crippen LogP contribution < -0.4 is 0 Å². The van der Waals surface area contributed by atoms with Gasteiger partial charge in [0.25, 0.3) is 0 Å². The van der Waals surface area contributed by atoms with Crippen LogP contribution in [0.15, 0.2) is 10.4 Å². The highest BCUT2D eigenvalue weighted by Crippen LogP contribution is 2.23. The van der Waals surface area contributed by atoms with Crippen LogP contribution in [0.4, 0.5) is 8.78 Å². The molecule has 0 nitrogen and oxygen atoms in total. The lowest BCUT2D eigenvalue weighted by molar-refractivity contribution is 0.613. The van der Waals surface area contributed by atoms with Gasteiger partial charge in [-0.25, -0.2) is 0 Å². The molecule has 0 aliphatic rings. The number of thioether (sulfide) groups is 1. The minimum absolute atomic E-state index is 0.492. The van der Waals surface area contributed by atoms with Crippen LogP contribution in [0.2, 0.25) is 0 Å². The first-order valence-electron chi connectivity index (χ1n) is 2.02. The molecular weight excluding hydrogens is 154 g/mol. The van der Waals surface area contributed by atoms with Gasteiger partial charge in [0, 0.05) is 0 Å². The van der Waals surface area contributed by atoms with Gasteiger partial charge in [-0.3, -0.25) is 0 Å². The summed E-state index contributed by atoms with van der Waals surface area (Å²) in [6, 6.07) is 0. The molecular formula is C4H5ClF2S. The monoisotopic (exact) mass is 158 g/mol. The maximum Gasteiger partial charge on any atom is 0.231 e. The highest BCUT2D eigenvalue weighted by Gasteiger charge is 1.99. The van der Waals surface area contributed by atoms with Crippen LogP contribution in [0.5, 0.6) is 0 Å². The summed E-state index contributed by atoms with van der Waals surface area (Å²) >= 11 is 5.37. The Morgan fingerprint density at radius 3 is 2.25 bits per heavy atom. The van der Waals surface area contributed by atoms with Gasteiger partial charge in [0.15, 0.2) is 0 Å². The van der Waals surface area contributed by atoms with Crippen LogP contribution in [0.3, 0.4) is 0 Å². The Kier molecular flexibility index (Phi) is 4.28. The number of halogens is 3. The van der Waals surface area contributed by atoms with E-state index in [1.165, 1.54) is 0 Å². The standard InChI is InChI=1S/C4H5ClF2S/c1-2-8-4(7)3(5)6/h2H2,1H3. The second-order valence-electron chi connectivity index (χ2n) is 0.967. The van der Waals surface area contributed by atoms with Gasteiger partial charge in [0.1, 0.15) is 0 Å². The smallest absolute Gasteiger partial charge is 0.195 e. The second kappa shape index (κ2) is 4.15. The zero-order chi connectivity index (χ0) is 6.57. The van der Waals surface area contributed by atoms with Crippen molar-refractivity contribution >= 4 is 23.4 Å². The van der Waals surface area contributed by atoms with Gasteiger partial charge in [-0.15, -0.1) is 0 Å². The summed E-state index contributed by atoms with van der Waals surface area (Å²) in [6.45, 7) is 1.71. The predicted octanol–water partition coefficient (Wildman–Crippen LogP) is 3.04. The van der Waals surface area contributed by atoms with E-state index in [0.29, 0.717) is 5.75 Å². The van der Waals surface area contributed by atoms with E-state index >= 15 is 0 Å². The van der Waals surface area contributed by atoms with Crippen molar-refractivity contribution in [2.24, 2.45) is 0 Å². The van der Waals surface area contributed by atoms with E-state index in [-0.39, 0.29) is 0 Å². The normalized spacial score (nSPS) is 13.5. The van der Waals surface area contributed by atoms with Crippen molar-refractivity contribution in [2.45, 2.75) is 6.92 Å². The molecule has 0 amide bonds. The van der Waals surface area contributed by atoms with Gasteiger partial charge in [0.2, 0.25) is 10.4 Å². The van der Waals surface area contributed by atoms with E-state index in [2.05, 4.69) is 11.6 Å². The van der Waals surface area contributed by atoms with Gasteiger partial charge in [-0.05, 0) is 17.4 Å². The van der Waals surface area contributed by atoms with Crippen LogP contribution in [0.25, 0.3) is 0 Å². The van der Waals surface area contributed by atoms with E-state index in [1.807, 2.05) is 0 Å². The molecule has 0 spiro atoms. The maximum atomic E-state index is 11.9. The Bertz CT molecular complexity index is 98.2. The number of hydrogen-bond donors (Lipinski definition) is 0. The highest BCUT2D eigenvalue weighted by atomic mass is 35.5. The van der Waals surface area contributed by atoms with Crippen LogP contribution in [-0.2, 0) is 0 Å².